The molecule has 3 rings (SSSR count). The van der Waals surface area contributed by atoms with Crippen LogP contribution in [0.4, 0.5) is 0 Å². The molecular weight excluding hydrogens is 316 g/mol. The van der Waals surface area contributed by atoms with Crippen molar-refractivity contribution in [2.75, 3.05) is 58.9 Å². The molecule has 3 aliphatic rings. The van der Waals surface area contributed by atoms with Crippen LogP contribution in [0.1, 0.15) is 44.9 Å². The summed E-state index contributed by atoms with van der Waals surface area (Å²) in [5.74, 6) is 1.29. The number of carbonyl (C=O) groups is 2. The lowest BCUT2D eigenvalue weighted by Gasteiger charge is -2.25. The molecule has 0 bridgehead atoms. The largest absolute Gasteiger partial charge is 0.342 e. The van der Waals surface area contributed by atoms with E-state index in [9.17, 15) is 9.59 Å². The van der Waals surface area contributed by atoms with Crippen molar-refractivity contribution in [2.45, 2.75) is 44.9 Å². The maximum Gasteiger partial charge on any atom is 0.236 e. The number of hydrogen-bond acceptors (Lipinski definition) is 4. The third-order valence-corrected chi connectivity index (χ3v) is 5.98. The predicted molar refractivity (Wildman–Crippen MR) is 98.3 cm³/mol. The zero-order valence-electron chi connectivity index (χ0n) is 15.5. The molecule has 6 nitrogen and oxygen atoms in total. The van der Waals surface area contributed by atoms with E-state index in [1.54, 1.807) is 0 Å². The van der Waals surface area contributed by atoms with E-state index >= 15 is 0 Å². The predicted octanol–water partition coefficient (Wildman–Crippen LogP) is 0.923. The summed E-state index contributed by atoms with van der Waals surface area (Å²) < 4.78 is 0. The fraction of sp³-hybridized carbons (Fsp3) is 0.895. The number of nitrogens with zero attached hydrogens (tertiary/aromatic N) is 3. The second-order valence-electron chi connectivity index (χ2n) is 7.83. The average Bonchev–Trinajstić information content (AvgIpc) is 3.08. The van der Waals surface area contributed by atoms with Gasteiger partial charge in [0.15, 0.2) is 0 Å². The van der Waals surface area contributed by atoms with Crippen molar-refractivity contribution in [3.8, 4) is 0 Å². The van der Waals surface area contributed by atoms with Gasteiger partial charge in [-0.05, 0) is 57.5 Å². The summed E-state index contributed by atoms with van der Waals surface area (Å²) in [5.41, 5.74) is 0. The smallest absolute Gasteiger partial charge is 0.236 e. The molecule has 0 aromatic carbocycles. The van der Waals surface area contributed by atoms with Crippen LogP contribution in [0.3, 0.4) is 0 Å². The van der Waals surface area contributed by atoms with Gasteiger partial charge in [-0.2, -0.15) is 0 Å². The maximum atomic E-state index is 12.5. The standard InChI is InChI=1S/C19H34N4O2/c24-18(5-4-17-6-8-20-9-7-17)23-13-3-10-21(14-15-23)16-19(25)22-11-1-2-12-22/h17,20H,1-16H2. The maximum absolute atomic E-state index is 12.5. The third-order valence-electron chi connectivity index (χ3n) is 5.98. The topological polar surface area (TPSA) is 55.9 Å². The summed E-state index contributed by atoms with van der Waals surface area (Å²) in [5, 5.41) is 3.38. The van der Waals surface area contributed by atoms with Crippen molar-refractivity contribution in [3.63, 3.8) is 0 Å². The highest BCUT2D eigenvalue weighted by Gasteiger charge is 2.24. The summed E-state index contributed by atoms with van der Waals surface area (Å²) in [6.45, 7) is 7.96. The number of likely N-dealkylation sites (tertiary alicyclic amines) is 1. The SMILES string of the molecule is O=C(CCC1CCNCC1)N1CCCN(CC(=O)N2CCCC2)CC1. The number of nitrogens with one attached hydrogen (secondary N) is 1. The molecule has 3 aliphatic heterocycles. The van der Waals surface area contributed by atoms with Gasteiger partial charge in [0.25, 0.3) is 0 Å². The first-order chi connectivity index (χ1) is 12.2. The van der Waals surface area contributed by atoms with E-state index in [4.69, 9.17) is 0 Å². The molecule has 25 heavy (non-hydrogen) atoms. The minimum Gasteiger partial charge on any atom is -0.342 e. The molecule has 0 atom stereocenters. The molecule has 142 valence electrons. The third kappa shape index (κ3) is 5.68. The molecule has 1 N–H and O–H groups in total. The Hall–Kier alpha value is -1.14. The van der Waals surface area contributed by atoms with Crippen molar-refractivity contribution >= 4 is 11.8 Å². The molecule has 0 radical (unpaired) electrons. The summed E-state index contributed by atoms with van der Waals surface area (Å²) >= 11 is 0. The van der Waals surface area contributed by atoms with Crippen LogP contribution < -0.4 is 5.32 Å². The van der Waals surface area contributed by atoms with Crippen molar-refractivity contribution < 1.29 is 9.59 Å². The van der Waals surface area contributed by atoms with Crippen LogP contribution in [-0.4, -0.2) is 85.4 Å². The molecule has 0 unspecified atom stereocenters. The van der Waals surface area contributed by atoms with Crippen LogP contribution in [0, 0.1) is 5.92 Å². The Labute approximate surface area is 151 Å². The van der Waals surface area contributed by atoms with Crippen LogP contribution in [0.5, 0.6) is 0 Å². The molecule has 6 heteroatoms. The Balaban J connectivity index is 1.38. The molecule has 3 heterocycles. The van der Waals surface area contributed by atoms with E-state index < -0.39 is 0 Å². The molecule has 2 amide bonds. The first-order valence-electron chi connectivity index (χ1n) is 10.2. The average molecular weight is 351 g/mol. The Kier molecular flexibility index (Phi) is 7.11. The second-order valence-corrected chi connectivity index (χ2v) is 7.83. The monoisotopic (exact) mass is 350 g/mol. The molecule has 0 aliphatic carbocycles. The summed E-state index contributed by atoms with van der Waals surface area (Å²) in [7, 11) is 0. The number of carbonyl (C=O) groups excluding carboxylic acids is 2. The van der Waals surface area contributed by atoms with E-state index in [1.807, 2.05) is 9.80 Å². The Morgan fingerprint density at radius 2 is 1.48 bits per heavy atom. The summed E-state index contributed by atoms with van der Waals surface area (Å²) in [6.07, 6.45) is 7.41. The van der Waals surface area contributed by atoms with Crippen LogP contribution >= 0.6 is 0 Å². The van der Waals surface area contributed by atoms with E-state index in [1.165, 1.54) is 12.8 Å². The number of amides is 2. The van der Waals surface area contributed by atoms with Gasteiger partial charge in [0.05, 0.1) is 6.54 Å². The van der Waals surface area contributed by atoms with Gasteiger partial charge in [0.2, 0.25) is 11.8 Å². The van der Waals surface area contributed by atoms with E-state index in [0.717, 1.165) is 78.0 Å². The molecule has 0 saturated carbocycles. The number of rotatable bonds is 5. The molecule has 3 saturated heterocycles. The van der Waals surface area contributed by atoms with Crippen molar-refractivity contribution in [1.29, 1.82) is 0 Å². The summed E-state index contributed by atoms with van der Waals surface area (Å²) in [6, 6.07) is 0. The molecule has 0 aromatic heterocycles. The van der Waals surface area contributed by atoms with Gasteiger partial charge in [-0.15, -0.1) is 0 Å². The molecule has 3 fully saturated rings. The van der Waals surface area contributed by atoms with Gasteiger partial charge in [0.1, 0.15) is 0 Å². The molecule has 0 spiro atoms. The van der Waals surface area contributed by atoms with Gasteiger partial charge in [-0.25, -0.2) is 0 Å². The summed E-state index contributed by atoms with van der Waals surface area (Å²) in [4.78, 5) is 31.1. The van der Waals surface area contributed by atoms with E-state index in [0.29, 0.717) is 24.8 Å². The fourth-order valence-electron chi connectivity index (χ4n) is 4.29. The highest BCUT2D eigenvalue weighted by molar-refractivity contribution is 5.78. The van der Waals surface area contributed by atoms with E-state index in [2.05, 4.69) is 10.2 Å². The highest BCUT2D eigenvalue weighted by Crippen LogP contribution is 2.19. The first kappa shape index (κ1) is 18.6. The zero-order valence-corrected chi connectivity index (χ0v) is 15.5. The lowest BCUT2D eigenvalue weighted by Crippen LogP contribution is -2.41. The first-order valence-corrected chi connectivity index (χ1v) is 10.2. The fourth-order valence-corrected chi connectivity index (χ4v) is 4.29. The lowest BCUT2D eigenvalue weighted by molar-refractivity contribution is -0.131. The molecular formula is C19H34N4O2. The van der Waals surface area contributed by atoms with Gasteiger partial charge in [-0.1, -0.05) is 0 Å². The van der Waals surface area contributed by atoms with Crippen molar-refractivity contribution in [3.05, 3.63) is 0 Å². The Morgan fingerprint density at radius 3 is 2.24 bits per heavy atom. The Morgan fingerprint density at radius 1 is 0.800 bits per heavy atom. The van der Waals surface area contributed by atoms with Crippen molar-refractivity contribution in [1.82, 2.24) is 20.0 Å². The van der Waals surface area contributed by atoms with Crippen molar-refractivity contribution in [2.24, 2.45) is 5.92 Å². The van der Waals surface area contributed by atoms with Gasteiger partial charge in [0, 0.05) is 45.7 Å². The highest BCUT2D eigenvalue weighted by atomic mass is 16.2. The van der Waals surface area contributed by atoms with Gasteiger partial charge < -0.3 is 15.1 Å². The minimum atomic E-state index is 0.267. The quantitative estimate of drug-likeness (QED) is 0.801. The normalized spacial score (nSPS) is 23.7. The van der Waals surface area contributed by atoms with Crippen LogP contribution in [-0.2, 0) is 9.59 Å². The minimum absolute atomic E-state index is 0.267. The lowest BCUT2D eigenvalue weighted by atomic mass is 9.93. The Bertz CT molecular complexity index is 445. The van der Waals surface area contributed by atoms with Crippen LogP contribution in [0.2, 0.25) is 0 Å². The zero-order chi connectivity index (χ0) is 17.5. The van der Waals surface area contributed by atoms with Gasteiger partial charge >= 0.3 is 0 Å². The van der Waals surface area contributed by atoms with Crippen LogP contribution in [0.15, 0.2) is 0 Å². The number of hydrogen-bond donors (Lipinski definition) is 1. The molecule has 0 aromatic rings. The van der Waals surface area contributed by atoms with Gasteiger partial charge in [-0.3, -0.25) is 14.5 Å². The van der Waals surface area contributed by atoms with Crippen LogP contribution in [0.25, 0.3) is 0 Å². The number of piperidine rings is 1. The second kappa shape index (κ2) is 9.53. The van der Waals surface area contributed by atoms with E-state index in [-0.39, 0.29) is 5.91 Å².